The van der Waals surface area contributed by atoms with Gasteiger partial charge in [0.05, 0.1) is 0 Å². The summed E-state index contributed by atoms with van der Waals surface area (Å²) in [6.45, 7) is 5.05. The van der Waals surface area contributed by atoms with Crippen LogP contribution in [0, 0.1) is 0 Å². The van der Waals surface area contributed by atoms with Crippen LogP contribution >= 0.6 is 0 Å². The summed E-state index contributed by atoms with van der Waals surface area (Å²) in [7, 11) is 0. The summed E-state index contributed by atoms with van der Waals surface area (Å²) >= 11 is 0. The van der Waals surface area contributed by atoms with Crippen LogP contribution in [0.2, 0.25) is 0 Å². The molecular weight excluding hydrogens is 200 g/mol. The first kappa shape index (κ1) is 12.2. The predicted molar refractivity (Wildman–Crippen MR) is 65.8 cm³/mol. The van der Waals surface area contributed by atoms with Gasteiger partial charge >= 0.3 is 5.97 Å². The van der Waals surface area contributed by atoms with E-state index in [1.807, 2.05) is 42.5 Å². The molecule has 0 aliphatic heterocycles. The molecule has 0 bridgehead atoms. The molecule has 0 aliphatic carbocycles. The van der Waals surface area contributed by atoms with Gasteiger partial charge < -0.3 is 4.74 Å². The van der Waals surface area contributed by atoms with Crippen molar-refractivity contribution >= 4 is 12.0 Å². The van der Waals surface area contributed by atoms with Crippen LogP contribution in [0.4, 0.5) is 0 Å². The first-order valence-corrected chi connectivity index (χ1v) is 5.23. The molecule has 0 N–H and O–H groups in total. The van der Waals surface area contributed by atoms with Gasteiger partial charge in [-0.3, -0.25) is 4.79 Å². The molecule has 2 heteroatoms. The first-order chi connectivity index (χ1) is 7.72. The Hall–Kier alpha value is -1.83. The summed E-state index contributed by atoms with van der Waals surface area (Å²) in [4.78, 5) is 10.8. The van der Waals surface area contributed by atoms with Crippen molar-refractivity contribution in [3.63, 3.8) is 0 Å². The monoisotopic (exact) mass is 216 g/mol. The molecule has 0 aliphatic rings. The van der Waals surface area contributed by atoms with Crippen LogP contribution in [0.5, 0.6) is 0 Å². The molecule has 0 saturated carbocycles. The summed E-state index contributed by atoms with van der Waals surface area (Å²) in [6.07, 6.45) is 5.96. The lowest BCUT2D eigenvalue weighted by molar-refractivity contribution is -0.143. The number of carbonyl (C=O) groups is 1. The lowest BCUT2D eigenvalue weighted by Gasteiger charge is -2.10. The third kappa shape index (κ3) is 4.60. The van der Waals surface area contributed by atoms with Crippen molar-refractivity contribution in [1.29, 1.82) is 0 Å². The fraction of sp³-hybridized carbons (Fsp3) is 0.214. The summed E-state index contributed by atoms with van der Waals surface area (Å²) < 4.78 is 5.12. The highest BCUT2D eigenvalue weighted by atomic mass is 16.5. The molecule has 16 heavy (non-hydrogen) atoms. The fourth-order valence-corrected chi connectivity index (χ4v) is 1.33. The average molecular weight is 216 g/mol. The Labute approximate surface area is 96.2 Å². The topological polar surface area (TPSA) is 26.3 Å². The van der Waals surface area contributed by atoms with Gasteiger partial charge in [-0.15, -0.1) is 6.58 Å². The third-order valence-corrected chi connectivity index (χ3v) is 2.02. The third-order valence-electron chi connectivity index (χ3n) is 2.02. The minimum absolute atomic E-state index is 0.227. The van der Waals surface area contributed by atoms with E-state index in [1.165, 1.54) is 6.92 Å². The van der Waals surface area contributed by atoms with Crippen LogP contribution in [0.1, 0.15) is 18.9 Å². The first-order valence-electron chi connectivity index (χ1n) is 5.23. The van der Waals surface area contributed by atoms with Crippen molar-refractivity contribution in [2.24, 2.45) is 0 Å². The molecule has 1 unspecified atom stereocenters. The van der Waals surface area contributed by atoms with Crippen molar-refractivity contribution in [1.82, 2.24) is 0 Å². The van der Waals surface area contributed by atoms with E-state index in [9.17, 15) is 4.79 Å². The van der Waals surface area contributed by atoms with Crippen LogP contribution in [0.25, 0.3) is 6.08 Å². The van der Waals surface area contributed by atoms with Gasteiger partial charge in [-0.25, -0.2) is 0 Å². The van der Waals surface area contributed by atoms with Crippen molar-refractivity contribution in [3.05, 3.63) is 54.6 Å². The molecule has 1 atom stereocenters. The van der Waals surface area contributed by atoms with Gasteiger partial charge in [0.25, 0.3) is 0 Å². The van der Waals surface area contributed by atoms with Crippen molar-refractivity contribution in [3.8, 4) is 0 Å². The Kier molecular flexibility index (Phi) is 5.06. The second-order valence-electron chi connectivity index (χ2n) is 3.44. The number of carbonyl (C=O) groups excluding carboxylic acids is 1. The SMILES string of the molecule is C=CCC(/C=C/c1ccccc1)OC(C)=O. The van der Waals surface area contributed by atoms with Gasteiger partial charge in [0.2, 0.25) is 0 Å². The lowest BCUT2D eigenvalue weighted by Crippen LogP contribution is -2.12. The molecule has 0 spiro atoms. The maximum atomic E-state index is 10.8. The van der Waals surface area contributed by atoms with E-state index in [2.05, 4.69) is 6.58 Å². The highest BCUT2D eigenvalue weighted by Crippen LogP contribution is 2.07. The standard InChI is InChI=1S/C14H16O2/c1-3-7-14(16-12(2)15)11-10-13-8-5-4-6-9-13/h3-6,8-11,14H,1,7H2,2H3/b11-10+. The smallest absolute Gasteiger partial charge is 0.303 e. The molecule has 0 amide bonds. The number of hydrogen-bond donors (Lipinski definition) is 0. The fourth-order valence-electron chi connectivity index (χ4n) is 1.33. The zero-order valence-electron chi connectivity index (χ0n) is 9.43. The molecule has 0 radical (unpaired) electrons. The van der Waals surface area contributed by atoms with Crippen LogP contribution in [-0.2, 0) is 9.53 Å². The molecule has 1 aromatic rings. The van der Waals surface area contributed by atoms with Gasteiger partial charge in [0, 0.05) is 13.3 Å². The Morgan fingerprint density at radius 3 is 2.69 bits per heavy atom. The second kappa shape index (κ2) is 6.62. The second-order valence-corrected chi connectivity index (χ2v) is 3.44. The Balaban J connectivity index is 2.63. The summed E-state index contributed by atoms with van der Waals surface area (Å²) in [5, 5.41) is 0. The van der Waals surface area contributed by atoms with Crippen LogP contribution in [0.3, 0.4) is 0 Å². The maximum absolute atomic E-state index is 10.8. The van der Waals surface area contributed by atoms with Crippen molar-refractivity contribution in [2.45, 2.75) is 19.4 Å². The number of ether oxygens (including phenoxy) is 1. The molecule has 0 fully saturated rings. The predicted octanol–water partition coefficient (Wildman–Crippen LogP) is 3.21. The molecule has 0 heterocycles. The van der Waals surface area contributed by atoms with Crippen LogP contribution < -0.4 is 0 Å². The molecule has 2 nitrogen and oxygen atoms in total. The van der Waals surface area contributed by atoms with Crippen molar-refractivity contribution in [2.75, 3.05) is 0 Å². The van der Waals surface area contributed by atoms with E-state index in [1.54, 1.807) is 6.08 Å². The van der Waals surface area contributed by atoms with Gasteiger partial charge in [-0.2, -0.15) is 0 Å². The minimum atomic E-state index is -0.274. The average Bonchev–Trinajstić information content (AvgIpc) is 2.27. The van der Waals surface area contributed by atoms with E-state index in [4.69, 9.17) is 4.74 Å². The maximum Gasteiger partial charge on any atom is 0.303 e. The van der Waals surface area contributed by atoms with Crippen LogP contribution in [-0.4, -0.2) is 12.1 Å². The minimum Gasteiger partial charge on any atom is -0.458 e. The van der Waals surface area contributed by atoms with Crippen LogP contribution in [0.15, 0.2) is 49.1 Å². The largest absolute Gasteiger partial charge is 0.458 e. The number of esters is 1. The van der Waals surface area contributed by atoms with Gasteiger partial charge in [0.15, 0.2) is 0 Å². The van der Waals surface area contributed by atoms with Crippen molar-refractivity contribution < 1.29 is 9.53 Å². The van der Waals surface area contributed by atoms with E-state index in [0.29, 0.717) is 6.42 Å². The van der Waals surface area contributed by atoms with E-state index in [-0.39, 0.29) is 12.1 Å². The summed E-state index contributed by atoms with van der Waals surface area (Å²) in [5.74, 6) is -0.274. The molecule has 84 valence electrons. The highest BCUT2D eigenvalue weighted by Gasteiger charge is 2.05. The summed E-state index contributed by atoms with van der Waals surface area (Å²) in [5.41, 5.74) is 1.09. The molecule has 0 aromatic heterocycles. The number of hydrogen-bond acceptors (Lipinski definition) is 2. The Morgan fingerprint density at radius 1 is 1.44 bits per heavy atom. The Morgan fingerprint density at radius 2 is 2.12 bits per heavy atom. The summed E-state index contributed by atoms with van der Waals surface area (Å²) in [6, 6.07) is 9.89. The highest BCUT2D eigenvalue weighted by molar-refractivity contribution is 5.66. The zero-order chi connectivity index (χ0) is 11.8. The molecule has 0 saturated heterocycles. The Bertz CT molecular complexity index is 366. The normalized spacial score (nSPS) is 12.3. The molecule has 1 rings (SSSR count). The number of benzene rings is 1. The van der Waals surface area contributed by atoms with E-state index < -0.39 is 0 Å². The van der Waals surface area contributed by atoms with E-state index in [0.717, 1.165) is 5.56 Å². The molecule has 1 aromatic carbocycles. The van der Waals surface area contributed by atoms with Gasteiger partial charge in [0.1, 0.15) is 6.10 Å². The van der Waals surface area contributed by atoms with Gasteiger partial charge in [-0.05, 0) is 11.6 Å². The lowest BCUT2D eigenvalue weighted by atomic mass is 10.1. The van der Waals surface area contributed by atoms with E-state index >= 15 is 0 Å². The number of rotatable bonds is 5. The zero-order valence-corrected chi connectivity index (χ0v) is 9.43. The quantitative estimate of drug-likeness (QED) is 0.558. The molecular formula is C14H16O2. The van der Waals surface area contributed by atoms with Gasteiger partial charge in [-0.1, -0.05) is 42.5 Å².